The van der Waals surface area contributed by atoms with Crippen molar-refractivity contribution in [3.05, 3.63) is 11.6 Å². The van der Waals surface area contributed by atoms with Crippen molar-refractivity contribution in [3.63, 3.8) is 0 Å². The van der Waals surface area contributed by atoms with Gasteiger partial charge in [-0.1, -0.05) is 39.3 Å². The number of allylic oxidation sites excluding steroid dienone is 1. The predicted molar refractivity (Wildman–Crippen MR) is 242 cm³/mol. The van der Waals surface area contributed by atoms with Crippen molar-refractivity contribution in [1.82, 2.24) is 0 Å². The summed E-state index contributed by atoms with van der Waals surface area (Å²) in [5.74, 6) is 2.46. The molecule has 0 unspecified atom stereocenters. The highest BCUT2D eigenvalue weighted by Gasteiger charge is 2.69. The van der Waals surface area contributed by atoms with Crippen molar-refractivity contribution in [2.75, 3.05) is 33.0 Å². The Morgan fingerprint density at radius 3 is 1.94 bits per heavy atom. The molecule has 4 aliphatic carbocycles. The van der Waals surface area contributed by atoms with Gasteiger partial charge in [0.2, 0.25) is 0 Å². The van der Waals surface area contributed by atoms with Crippen molar-refractivity contribution in [1.29, 1.82) is 0 Å². The van der Waals surface area contributed by atoms with E-state index < -0.39 is 155 Å². The van der Waals surface area contributed by atoms with E-state index in [1.807, 2.05) is 0 Å². The minimum absolute atomic E-state index is 0.0473. The second-order valence-electron chi connectivity index (χ2n) is 23.5. The van der Waals surface area contributed by atoms with Crippen LogP contribution in [0.15, 0.2) is 11.6 Å². The third-order valence-electron chi connectivity index (χ3n) is 19.4. The molecule has 22 heteroatoms. The molecule has 0 amide bonds. The second-order valence-corrected chi connectivity index (χ2v) is 23.5. The molecule has 6 saturated heterocycles. The fourth-order valence-electron chi connectivity index (χ4n) is 15.3. The van der Waals surface area contributed by atoms with Crippen LogP contribution in [0.4, 0.5) is 0 Å². The molecule has 1 spiro atoms. The van der Waals surface area contributed by atoms with Crippen LogP contribution in [0.1, 0.15) is 85.5 Å². The lowest BCUT2D eigenvalue weighted by molar-refractivity contribution is -0.403. The summed E-state index contributed by atoms with van der Waals surface area (Å²) in [7, 11) is 0. The van der Waals surface area contributed by atoms with Gasteiger partial charge >= 0.3 is 0 Å². The van der Waals surface area contributed by atoms with E-state index in [2.05, 4.69) is 33.8 Å². The van der Waals surface area contributed by atoms with E-state index in [1.165, 1.54) is 5.57 Å². The first-order valence-electron chi connectivity index (χ1n) is 26.4. The molecule has 72 heavy (non-hydrogen) atoms. The van der Waals surface area contributed by atoms with Crippen molar-refractivity contribution < 1.29 is 109 Å². The normalized spacial score (nSPS) is 56.7. The summed E-state index contributed by atoms with van der Waals surface area (Å²) in [6.07, 6.45) is -22.3. The fourth-order valence-corrected chi connectivity index (χ4v) is 15.3. The van der Waals surface area contributed by atoms with Crippen LogP contribution in [0.25, 0.3) is 0 Å². The molecule has 3 saturated carbocycles. The molecule has 6 heterocycles. The lowest BCUT2D eigenvalue weighted by Gasteiger charge is -2.58. The summed E-state index contributed by atoms with van der Waals surface area (Å²) in [4.78, 5) is 0. The number of hydrogen-bond donors (Lipinski definition) is 12. The van der Waals surface area contributed by atoms with Gasteiger partial charge in [-0.25, -0.2) is 0 Å². The fraction of sp³-hybridized carbons (Fsp3) is 0.960. The molecule has 0 aromatic rings. The zero-order valence-electron chi connectivity index (χ0n) is 41.5. The van der Waals surface area contributed by atoms with Crippen LogP contribution in [0.5, 0.6) is 0 Å². The lowest BCUT2D eigenvalue weighted by Crippen LogP contribution is -2.68. The first kappa shape index (κ1) is 54.2. The van der Waals surface area contributed by atoms with Crippen molar-refractivity contribution in [3.8, 4) is 0 Å². The molecule has 0 aromatic heterocycles. The molecule has 10 aliphatic rings. The molecule has 0 bridgehead atoms. The van der Waals surface area contributed by atoms with Crippen LogP contribution in [-0.2, 0) is 47.4 Å². The summed E-state index contributed by atoms with van der Waals surface area (Å²) in [6, 6.07) is 0. The van der Waals surface area contributed by atoms with Crippen molar-refractivity contribution >= 4 is 0 Å². The Bertz CT molecular complexity index is 1890. The van der Waals surface area contributed by atoms with Crippen LogP contribution < -0.4 is 0 Å². The van der Waals surface area contributed by atoms with Crippen LogP contribution >= 0.6 is 0 Å². The topological polar surface area (TPSA) is 335 Å². The number of fused-ring (bicyclic) bond motifs is 7. The van der Waals surface area contributed by atoms with Gasteiger partial charge in [-0.05, 0) is 91.8 Å². The SMILES string of the molecule is C[C@@H]1CC[C@@]2(OC1)O[C@H]1C[C@H]3[C@@H]4CC=C5C[C@@H](O[C@@H]6O[C@H](CO)[C@H](O[C@@H]7O[C@H](CO)[C@@H](O)[C@H](O[C@@H]8OC[C@@H](O)[C@H](O)[C@H]8O)[C@H]7O[C@@H]7O[C@H](CO)[C@@H](O)[C@H](O)[C@H]7O)[C@H](O)[C@H]6O)CC[C@]5(C)[C@H]4CC[C@]3(C)[C@H]1[C@@H]2C. The summed E-state index contributed by atoms with van der Waals surface area (Å²) in [5.41, 5.74) is 1.44. The molecule has 6 aliphatic heterocycles. The maximum Gasteiger partial charge on any atom is 0.187 e. The average Bonchev–Trinajstić information content (AvgIpc) is 3.82. The molecule has 0 radical (unpaired) electrons. The van der Waals surface area contributed by atoms with Gasteiger partial charge in [0.25, 0.3) is 0 Å². The summed E-state index contributed by atoms with van der Waals surface area (Å²) in [6.45, 7) is 7.28. The molecule has 30 atom stereocenters. The predicted octanol–water partition coefficient (Wildman–Crippen LogP) is -2.35. The van der Waals surface area contributed by atoms with Crippen molar-refractivity contribution in [2.24, 2.45) is 46.3 Å². The van der Waals surface area contributed by atoms with E-state index >= 15 is 0 Å². The van der Waals surface area contributed by atoms with Crippen LogP contribution in [0.2, 0.25) is 0 Å². The smallest absolute Gasteiger partial charge is 0.187 e. The third kappa shape index (κ3) is 9.18. The molecule has 12 N–H and O–H groups in total. The first-order chi connectivity index (χ1) is 34.3. The standard InChI is InChI=1S/C50H80O22/c1-20-7-12-50(64-18-20)21(2)32-28(72-50)14-26-24-6-5-22-13-23(8-10-48(22,3)25(24)9-11-49(26,32)4)65-45-40(62)37(59)41(31(17-53)68-45)69-47-43(71-46-39(61)36(58)34(56)29(15-51)66-46)42(35(57)30(16-52)67-47)70-44-38(60)33(55)27(54)19-63-44/h5,20-21,23-47,51-62H,6-19H2,1-4H3/t20-,21+,23+,24-,25+,26+,27-,28+,29-,30-,31-,32+,33+,34-,35-,36+,37-,38-,39-,40-,41+,42+,43-,44+,45-,46+,47+,48+,49+,50-/m1/s1. The van der Waals surface area contributed by atoms with E-state index in [9.17, 15) is 61.3 Å². The van der Waals surface area contributed by atoms with E-state index in [4.69, 9.17) is 47.4 Å². The highest BCUT2D eigenvalue weighted by atomic mass is 16.8. The number of hydrogen-bond acceptors (Lipinski definition) is 22. The van der Waals surface area contributed by atoms with Gasteiger partial charge in [0.05, 0.1) is 45.2 Å². The zero-order valence-corrected chi connectivity index (χ0v) is 41.5. The highest BCUT2D eigenvalue weighted by molar-refractivity contribution is 5.26. The molecule has 10 rings (SSSR count). The first-order valence-corrected chi connectivity index (χ1v) is 26.4. The number of aliphatic hydroxyl groups excluding tert-OH is 12. The number of ether oxygens (including phenoxy) is 10. The van der Waals surface area contributed by atoms with E-state index in [0.29, 0.717) is 48.3 Å². The zero-order chi connectivity index (χ0) is 51.3. The molecule has 412 valence electrons. The summed E-state index contributed by atoms with van der Waals surface area (Å²) < 4.78 is 61.3. The molecular formula is C50H80O22. The molecular weight excluding hydrogens is 953 g/mol. The monoisotopic (exact) mass is 1030 g/mol. The Kier molecular flexibility index (Phi) is 15.7. The quantitative estimate of drug-likeness (QED) is 0.0964. The van der Waals surface area contributed by atoms with Gasteiger partial charge in [0.15, 0.2) is 30.9 Å². The highest BCUT2D eigenvalue weighted by Crippen LogP contribution is 2.70. The van der Waals surface area contributed by atoms with Gasteiger partial charge in [-0.15, -0.1) is 0 Å². The van der Waals surface area contributed by atoms with Crippen LogP contribution in [0, 0.1) is 46.3 Å². The Hall–Kier alpha value is -1.14. The second kappa shape index (κ2) is 20.9. The minimum Gasteiger partial charge on any atom is -0.394 e. The van der Waals surface area contributed by atoms with Gasteiger partial charge in [0, 0.05) is 12.3 Å². The third-order valence-corrected chi connectivity index (χ3v) is 19.4. The Morgan fingerprint density at radius 2 is 1.24 bits per heavy atom. The Labute approximate surface area is 419 Å². The van der Waals surface area contributed by atoms with E-state index in [1.54, 1.807) is 0 Å². The largest absolute Gasteiger partial charge is 0.394 e. The maximum absolute atomic E-state index is 11.8. The van der Waals surface area contributed by atoms with Gasteiger partial charge in [0.1, 0.15) is 91.6 Å². The van der Waals surface area contributed by atoms with Gasteiger partial charge in [-0.2, -0.15) is 0 Å². The average molecular weight is 1030 g/mol. The Balaban J connectivity index is 0.826. The minimum atomic E-state index is -2.00. The van der Waals surface area contributed by atoms with Crippen molar-refractivity contribution in [2.45, 2.75) is 220 Å². The summed E-state index contributed by atoms with van der Waals surface area (Å²) >= 11 is 0. The van der Waals surface area contributed by atoms with Gasteiger partial charge < -0.3 is 109 Å². The van der Waals surface area contributed by atoms with E-state index in [0.717, 1.165) is 51.6 Å². The number of rotatable bonds is 11. The van der Waals surface area contributed by atoms with Gasteiger partial charge in [-0.3, -0.25) is 0 Å². The summed E-state index contributed by atoms with van der Waals surface area (Å²) in [5, 5.41) is 129. The van der Waals surface area contributed by atoms with E-state index in [-0.39, 0.29) is 16.9 Å². The van der Waals surface area contributed by atoms with Crippen LogP contribution in [-0.4, -0.2) is 229 Å². The molecule has 9 fully saturated rings. The number of aliphatic hydroxyl groups is 12. The van der Waals surface area contributed by atoms with Crippen LogP contribution in [0.3, 0.4) is 0 Å². The molecule has 0 aromatic carbocycles. The molecule has 22 nitrogen and oxygen atoms in total. The lowest BCUT2D eigenvalue weighted by atomic mass is 9.47. The Morgan fingerprint density at radius 1 is 0.597 bits per heavy atom. The maximum atomic E-state index is 11.8.